The molecule has 0 aliphatic heterocycles. The van der Waals surface area contributed by atoms with E-state index >= 15 is 0 Å². The van der Waals surface area contributed by atoms with Crippen LogP contribution in [0.1, 0.15) is 40.5 Å². The summed E-state index contributed by atoms with van der Waals surface area (Å²) < 4.78 is 0. The van der Waals surface area contributed by atoms with E-state index in [1.54, 1.807) is 27.7 Å². The molecule has 0 fully saturated rings. The van der Waals surface area contributed by atoms with Gasteiger partial charge in [0.25, 0.3) is 0 Å². The monoisotopic (exact) mass is 448 g/mol. The zero-order valence-electron chi connectivity index (χ0n) is 17.5. The van der Waals surface area contributed by atoms with Gasteiger partial charge < -0.3 is 31.9 Å². The number of thiol groups is 1. The number of nitrogens with two attached hydrogens (primary N) is 1. The van der Waals surface area contributed by atoms with Crippen molar-refractivity contribution in [3.05, 3.63) is 0 Å². The fraction of sp³-hybridized carbons (Fsp3) is 0.722. The first-order chi connectivity index (χ1) is 13.8. The molecule has 0 rings (SSSR count). The molecule has 0 heterocycles. The summed E-state index contributed by atoms with van der Waals surface area (Å²) >= 11 is 4.05. The largest absolute Gasteiger partial charge is 0.481 e. The predicted octanol–water partition coefficient (Wildman–Crippen LogP) is -1.04. The maximum atomic E-state index is 12.6. The van der Waals surface area contributed by atoms with E-state index in [4.69, 9.17) is 15.9 Å². The van der Waals surface area contributed by atoms with Crippen LogP contribution in [0.3, 0.4) is 0 Å². The Morgan fingerprint density at radius 2 is 1.30 bits per heavy atom. The average molecular weight is 449 g/mol. The quantitative estimate of drug-likeness (QED) is 0.174. The standard InChI is InChI=1S/C18H32N4O7S/c1-8(2)5-10(15(25)21-11(18(28)29)6-13(23)24)20-16(26)12(7-30)22-17(27)14(19)9(3)4/h8-12,14,30H,5-7,19H2,1-4H3,(H,20,26)(H,21,25)(H,22,27)(H,23,24)(H,28,29). The van der Waals surface area contributed by atoms with Gasteiger partial charge in [-0.2, -0.15) is 12.6 Å². The van der Waals surface area contributed by atoms with E-state index in [9.17, 15) is 24.0 Å². The number of carbonyl (C=O) groups excluding carboxylic acids is 3. The molecule has 0 aromatic heterocycles. The number of aliphatic carboxylic acids is 2. The van der Waals surface area contributed by atoms with Gasteiger partial charge in [-0.15, -0.1) is 0 Å². The van der Waals surface area contributed by atoms with Crippen LogP contribution < -0.4 is 21.7 Å². The van der Waals surface area contributed by atoms with Gasteiger partial charge in [0.15, 0.2) is 0 Å². The molecular weight excluding hydrogens is 416 g/mol. The van der Waals surface area contributed by atoms with Gasteiger partial charge in [0.2, 0.25) is 17.7 Å². The van der Waals surface area contributed by atoms with Crippen molar-refractivity contribution in [3.8, 4) is 0 Å². The molecule has 11 nitrogen and oxygen atoms in total. The van der Waals surface area contributed by atoms with Crippen molar-refractivity contribution in [3.63, 3.8) is 0 Å². The Kier molecular flexibility index (Phi) is 12.0. The van der Waals surface area contributed by atoms with Gasteiger partial charge in [0, 0.05) is 5.75 Å². The van der Waals surface area contributed by atoms with Gasteiger partial charge in [-0.25, -0.2) is 4.79 Å². The highest BCUT2D eigenvalue weighted by Gasteiger charge is 2.31. The van der Waals surface area contributed by atoms with Crippen molar-refractivity contribution < 1.29 is 34.2 Å². The Morgan fingerprint density at radius 3 is 1.70 bits per heavy atom. The first-order valence-corrected chi connectivity index (χ1v) is 10.1. The average Bonchev–Trinajstić information content (AvgIpc) is 2.62. The summed E-state index contributed by atoms with van der Waals surface area (Å²) in [4.78, 5) is 59.3. The molecule has 0 aromatic rings. The highest BCUT2D eigenvalue weighted by molar-refractivity contribution is 7.80. The molecule has 0 saturated heterocycles. The zero-order valence-corrected chi connectivity index (χ0v) is 18.4. The first kappa shape index (κ1) is 27.7. The topological polar surface area (TPSA) is 188 Å². The summed E-state index contributed by atoms with van der Waals surface area (Å²) in [6.07, 6.45) is -0.651. The number of carboxylic acid groups (broad SMARTS) is 2. The van der Waals surface area contributed by atoms with Gasteiger partial charge in [0.1, 0.15) is 18.1 Å². The van der Waals surface area contributed by atoms with E-state index in [2.05, 4.69) is 28.6 Å². The minimum absolute atomic E-state index is 0.0535. The molecule has 3 amide bonds. The summed E-state index contributed by atoms with van der Waals surface area (Å²) in [5, 5.41) is 25.0. The van der Waals surface area contributed by atoms with Crippen LogP contribution >= 0.6 is 12.6 Å². The molecule has 4 unspecified atom stereocenters. The third-order valence-corrected chi connectivity index (χ3v) is 4.54. The van der Waals surface area contributed by atoms with Crippen LogP contribution in [0.25, 0.3) is 0 Å². The van der Waals surface area contributed by atoms with Gasteiger partial charge in [-0.3, -0.25) is 19.2 Å². The predicted molar refractivity (Wildman–Crippen MR) is 112 cm³/mol. The number of amides is 3. The molecule has 0 bridgehead atoms. The first-order valence-electron chi connectivity index (χ1n) is 9.52. The van der Waals surface area contributed by atoms with Gasteiger partial charge >= 0.3 is 11.9 Å². The fourth-order valence-electron chi connectivity index (χ4n) is 2.39. The summed E-state index contributed by atoms with van der Waals surface area (Å²) in [6.45, 7) is 7.08. The highest BCUT2D eigenvalue weighted by atomic mass is 32.1. The van der Waals surface area contributed by atoms with E-state index in [0.29, 0.717) is 0 Å². The van der Waals surface area contributed by atoms with E-state index < -0.39 is 60.2 Å². The van der Waals surface area contributed by atoms with Gasteiger partial charge in [0.05, 0.1) is 12.5 Å². The second-order valence-corrected chi connectivity index (χ2v) is 8.07. The molecule has 172 valence electrons. The molecule has 30 heavy (non-hydrogen) atoms. The number of rotatable bonds is 13. The smallest absolute Gasteiger partial charge is 0.326 e. The Morgan fingerprint density at radius 1 is 0.833 bits per heavy atom. The van der Waals surface area contributed by atoms with E-state index in [0.717, 1.165) is 0 Å². The number of hydrogen-bond acceptors (Lipinski definition) is 7. The Bertz CT molecular complexity index is 642. The van der Waals surface area contributed by atoms with E-state index in [-0.39, 0.29) is 24.0 Å². The van der Waals surface area contributed by atoms with Crippen LogP contribution in [0.2, 0.25) is 0 Å². The molecular formula is C18H32N4O7S. The molecule has 4 atom stereocenters. The summed E-state index contributed by atoms with van der Waals surface area (Å²) in [6, 6.07) is -4.68. The number of hydrogen-bond donors (Lipinski definition) is 7. The second kappa shape index (κ2) is 13.1. The van der Waals surface area contributed by atoms with Crippen molar-refractivity contribution in [1.29, 1.82) is 0 Å². The van der Waals surface area contributed by atoms with Crippen molar-refractivity contribution in [2.24, 2.45) is 17.6 Å². The minimum Gasteiger partial charge on any atom is -0.481 e. The lowest BCUT2D eigenvalue weighted by atomic mass is 10.0. The lowest BCUT2D eigenvalue weighted by Gasteiger charge is -2.25. The SMILES string of the molecule is CC(C)CC(NC(=O)C(CS)NC(=O)C(N)C(C)C)C(=O)NC(CC(=O)O)C(=O)O. The van der Waals surface area contributed by atoms with Crippen LogP contribution in [-0.4, -0.2) is 69.8 Å². The third kappa shape index (κ3) is 9.92. The molecule has 0 aromatic carbocycles. The van der Waals surface area contributed by atoms with Crippen LogP contribution in [-0.2, 0) is 24.0 Å². The Labute approximate surface area is 180 Å². The molecule has 0 aliphatic carbocycles. The third-order valence-electron chi connectivity index (χ3n) is 4.17. The fourth-order valence-corrected chi connectivity index (χ4v) is 2.64. The maximum absolute atomic E-state index is 12.6. The number of nitrogens with one attached hydrogen (secondary N) is 3. The Hall–Kier alpha value is -2.34. The highest BCUT2D eigenvalue weighted by Crippen LogP contribution is 2.07. The Balaban J connectivity index is 5.31. The van der Waals surface area contributed by atoms with Crippen molar-refractivity contribution >= 4 is 42.3 Å². The normalized spacial score (nSPS) is 15.1. The second-order valence-electron chi connectivity index (χ2n) is 7.70. The zero-order chi connectivity index (χ0) is 23.6. The summed E-state index contributed by atoms with van der Waals surface area (Å²) in [5.74, 6) is -5.26. The van der Waals surface area contributed by atoms with Crippen molar-refractivity contribution in [2.75, 3.05) is 5.75 Å². The summed E-state index contributed by atoms with van der Waals surface area (Å²) in [7, 11) is 0. The molecule has 7 N–H and O–H groups in total. The van der Waals surface area contributed by atoms with Gasteiger partial charge in [-0.05, 0) is 18.3 Å². The van der Waals surface area contributed by atoms with Crippen LogP contribution in [0, 0.1) is 11.8 Å². The molecule has 12 heteroatoms. The van der Waals surface area contributed by atoms with Crippen LogP contribution in [0.15, 0.2) is 0 Å². The molecule has 0 radical (unpaired) electrons. The minimum atomic E-state index is -1.65. The lowest BCUT2D eigenvalue weighted by Crippen LogP contribution is -2.58. The molecule has 0 saturated carbocycles. The van der Waals surface area contributed by atoms with Crippen molar-refractivity contribution in [2.45, 2.75) is 64.7 Å². The van der Waals surface area contributed by atoms with Gasteiger partial charge in [-0.1, -0.05) is 27.7 Å². The van der Waals surface area contributed by atoms with E-state index in [1.165, 1.54) is 0 Å². The van der Waals surface area contributed by atoms with E-state index in [1.807, 2.05) is 0 Å². The van der Waals surface area contributed by atoms with Crippen LogP contribution in [0.4, 0.5) is 0 Å². The van der Waals surface area contributed by atoms with Crippen molar-refractivity contribution in [1.82, 2.24) is 16.0 Å². The maximum Gasteiger partial charge on any atom is 0.326 e. The lowest BCUT2D eigenvalue weighted by molar-refractivity contribution is -0.147. The molecule has 0 spiro atoms. The number of carboxylic acids is 2. The summed E-state index contributed by atoms with van der Waals surface area (Å²) in [5.41, 5.74) is 5.77. The van der Waals surface area contributed by atoms with Crippen LogP contribution in [0.5, 0.6) is 0 Å². The number of carbonyl (C=O) groups is 5. The molecule has 0 aliphatic rings.